The van der Waals surface area contributed by atoms with E-state index in [1.54, 1.807) is 6.07 Å². The summed E-state index contributed by atoms with van der Waals surface area (Å²) in [4.78, 5) is 13.2. The summed E-state index contributed by atoms with van der Waals surface area (Å²) in [5.74, 6) is -0.183. The Morgan fingerprint density at radius 1 is 0.969 bits per heavy atom. The first-order valence-electron chi connectivity index (χ1n) is 11.1. The number of carbonyl (C=O) groups excluding carboxylic acids is 1. The van der Waals surface area contributed by atoms with E-state index in [1.807, 2.05) is 51.1 Å². The van der Waals surface area contributed by atoms with Crippen LogP contribution in [-0.2, 0) is 14.8 Å². The summed E-state index contributed by atoms with van der Waals surface area (Å²) < 4.78 is 27.7. The number of amides is 1. The Kier molecular flexibility index (Phi) is 6.35. The molecule has 0 aromatic heterocycles. The third kappa shape index (κ3) is 4.57. The van der Waals surface area contributed by atoms with Crippen LogP contribution in [0.5, 0.6) is 0 Å². The fourth-order valence-electron chi connectivity index (χ4n) is 4.48. The summed E-state index contributed by atoms with van der Waals surface area (Å²) in [5.41, 5.74) is 2.86. The molecule has 1 fully saturated rings. The molecule has 5 nitrogen and oxygen atoms in total. The van der Waals surface area contributed by atoms with Crippen molar-refractivity contribution in [2.75, 3.05) is 13.1 Å². The van der Waals surface area contributed by atoms with Crippen LogP contribution in [0.25, 0.3) is 10.8 Å². The smallest absolute Gasteiger partial charge is 0.243 e. The van der Waals surface area contributed by atoms with Crippen LogP contribution in [0.2, 0.25) is 0 Å². The van der Waals surface area contributed by atoms with Crippen LogP contribution < -0.4 is 5.32 Å². The lowest BCUT2D eigenvalue weighted by Gasteiger charge is -2.31. The fourth-order valence-corrected chi connectivity index (χ4v) is 6.15. The molecule has 0 spiro atoms. The van der Waals surface area contributed by atoms with Crippen LogP contribution in [0.1, 0.15) is 42.5 Å². The average Bonchev–Trinajstić information content (AvgIpc) is 2.78. The van der Waals surface area contributed by atoms with Crippen molar-refractivity contribution in [1.82, 2.24) is 9.62 Å². The molecular weight excluding hydrogens is 420 g/mol. The van der Waals surface area contributed by atoms with Gasteiger partial charge < -0.3 is 5.32 Å². The standard InChI is InChI=1S/C26H30N2O3S/c1-18-8-11-25(19(2)16-18)32(30,31)28-14-12-22(13-15-28)26(29)27-20(3)23-10-9-21-6-4-5-7-24(21)17-23/h4-11,16-17,20,22H,12-15H2,1-3H3,(H,27,29)/t20-/m0/s1. The van der Waals surface area contributed by atoms with Gasteiger partial charge >= 0.3 is 0 Å². The second-order valence-corrected chi connectivity index (χ2v) is 10.7. The van der Waals surface area contributed by atoms with Crippen LogP contribution in [0, 0.1) is 19.8 Å². The molecule has 0 unspecified atom stereocenters. The minimum atomic E-state index is -3.54. The van der Waals surface area contributed by atoms with Gasteiger partial charge in [-0.3, -0.25) is 4.79 Å². The maximum Gasteiger partial charge on any atom is 0.243 e. The quantitative estimate of drug-likeness (QED) is 0.611. The van der Waals surface area contributed by atoms with Gasteiger partial charge in [-0.2, -0.15) is 4.31 Å². The Labute approximate surface area is 190 Å². The van der Waals surface area contributed by atoms with E-state index in [4.69, 9.17) is 0 Å². The van der Waals surface area contributed by atoms with Crippen molar-refractivity contribution >= 4 is 26.7 Å². The minimum Gasteiger partial charge on any atom is -0.349 e. The molecule has 1 N–H and O–H groups in total. The zero-order chi connectivity index (χ0) is 22.9. The number of carbonyl (C=O) groups is 1. The first-order valence-corrected chi connectivity index (χ1v) is 12.6. The second kappa shape index (κ2) is 9.04. The van der Waals surface area contributed by atoms with Gasteiger partial charge in [-0.15, -0.1) is 0 Å². The Balaban J connectivity index is 1.38. The predicted octanol–water partition coefficient (Wildman–Crippen LogP) is 4.73. The molecule has 0 bridgehead atoms. The third-order valence-corrected chi connectivity index (χ3v) is 8.46. The van der Waals surface area contributed by atoms with Crippen molar-refractivity contribution in [3.05, 3.63) is 77.4 Å². The number of benzene rings is 3. The van der Waals surface area contributed by atoms with E-state index in [9.17, 15) is 13.2 Å². The molecule has 6 heteroatoms. The molecular formula is C26H30N2O3S. The normalized spacial score (nSPS) is 16.7. The molecule has 3 aromatic rings. The van der Waals surface area contributed by atoms with E-state index >= 15 is 0 Å². The SMILES string of the molecule is Cc1ccc(S(=O)(=O)N2CCC(C(=O)N[C@@H](C)c3ccc4ccccc4c3)CC2)c(C)c1. The number of aryl methyl sites for hydroxylation is 2. The van der Waals surface area contributed by atoms with Crippen LogP contribution >= 0.6 is 0 Å². The summed E-state index contributed by atoms with van der Waals surface area (Å²) in [7, 11) is -3.54. The molecule has 1 aliphatic rings. The molecule has 0 radical (unpaired) electrons. The Morgan fingerprint density at radius 2 is 1.66 bits per heavy atom. The molecule has 0 saturated carbocycles. The molecule has 1 amide bonds. The highest BCUT2D eigenvalue weighted by molar-refractivity contribution is 7.89. The van der Waals surface area contributed by atoms with Crippen LogP contribution in [0.3, 0.4) is 0 Å². The molecule has 0 aliphatic carbocycles. The monoisotopic (exact) mass is 450 g/mol. The van der Waals surface area contributed by atoms with E-state index in [0.29, 0.717) is 30.8 Å². The van der Waals surface area contributed by atoms with E-state index in [2.05, 4.69) is 29.6 Å². The van der Waals surface area contributed by atoms with Crippen molar-refractivity contribution in [2.45, 2.75) is 44.6 Å². The first kappa shape index (κ1) is 22.5. The lowest BCUT2D eigenvalue weighted by Crippen LogP contribution is -2.43. The highest BCUT2D eigenvalue weighted by Gasteiger charge is 2.33. The maximum absolute atomic E-state index is 13.1. The van der Waals surface area contributed by atoms with Crippen LogP contribution in [0.4, 0.5) is 0 Å². The highest BCUT2D eigenvalue weighted by atomic mass is 32.2. The zero-order valence-electron chi connectivity index (χ0n) is 18.8. The van der Waals surface area contributed by atoms with Crippen molar-refractivity contribution in [3.63, 3.8) is 0 Å². The number of sulfonamides is 1. The van der Waals surface area contributed by atoms with Gasteiger partial charge in [0.1, 0.15) is 0 Å². The van der Waals surface area contributed by atoms with Gasteiger partial charge in [0.15, 0.2) is 0 Å². The summed E-state index contributed by atoms with van der Waals surface area (Å²) in [6, 6.07) is 19.7. The number of nitrogens with one attached hydrogen (secondary N) is 1. The van der Waals surface area contributed by atoms with Gasteiger partial charge in [0.05, 0.1) is 10.9 Å². The summed E-state index contributed by atoms with van der Waals surface area (Å²) >= 11 is 0. The number of hydrogen-bond acceptors (Lipinski definition) is 3. The van der Waals surface area contributed by atoms with E-state index < -0.39 is 10.0 Å². The molecule has 1 heterocycles. The molecule has 4 rings (SSSR count). The first-order chi connectivity index (χ1) is 15.3. The summed E-state index contributed by atoms with van der Waals surface area (Å²) in [6.07, 6.45) is 1.06. The van der Waals surface area contributed by atoms with Crippen molar-refractivity contribution in [2.24, 2.45) is 5.92 Å². The van der Waals surface area contributed by atoms with Gasteiger partial charge in [0.2, 0.25) is 15.9 Å². The predicted molar refractivity (Wildman–Crippen MR) is 128 cm³/mol. The van der Waals surface area contributed by atoms with Gasteiger partial charge in [-0.05, 0) is 67.6 Å². The van der Waals surface area contributed by atoms with Crippen molar-refractivity contribution < 1.29 is 13.2 Å². The van der Waals surface area contributed by atoms with Gasteiger partial charge in [-0.25, -0.2) is 8.42 Å². The van der Waals surface area contributed by atoms with Crippen LogP contribution in [0.15, 0.2) is 65.6 Å². The number of hydrogen-bond donors (Lipinski definition) is 1. The highest BCUT2D eigenvalue weighted by Crippen LogP contribution is 2.27. The third-order valence-electron chi connectivity index (χ3n) is 6.41. The van der Waals surface area contributed by atoms with Gasteiger partial charge in [0.25, 0.3) is 0 Å². The van der Waals surface area contributed by atoms with Gasteiger partial charge in [-0.1, -0.05) is 54.1 Å². The van der Waals surface area contributed by atoms with Crippen LogP contribution in [-0.4, -0.2) is 31.7 Å². The molecule has 1 aliphatic heterocycles. The maximum atomic E-state index is 13.1. The number of rotatable bonds is 5. The molecule has 32 heavy (non-hydrogen) atoms. The Bertz CT molecular complexity index is 1240. The fraction of sp³-hybridized carbons (Fsp3) is 0.346. The molecule has 1 saturated heterocycles. The number of fused-ring (bicyclic) bond motifs is 1. The van der Waals surface area contributed by atoms with E-state index in [-0.39, 0.29) is 17.9 Å². The minimum absolute atomic E-state index is 0.00535. The average molecular weight is 451 g/mol. The Hall–Kier alpha value is -2.70. The molecule has 168 valence electrons. The van der Waals surface area contributed by atoms with Gasteiger partial charge in [0, 0.05) is 19.0 Å². The van der Waals surface area contributed by atoms with Crippen molar-refractivity contribution in [1.29, 1.82) is 0 Å². The number of piperidine rings is 1. The lowest BCUT2D eigenvalue weighted by molar-refractivity contribution is -0.126. The Morgan fingerprint density at radius 3 is 2.34 bits per heavy atom. The van der Waals surface area contributed by atoms with Crippen molar-refractivity contribution in [3.8, 4) is 0 Å². The largest absolute Gasteiger partial charge is 0.349 e. The summed E-state index contributed by atoms with van der Waals surface area (Å²) in [6.45, 7) is 6.48. The summed E-state index contributed by atoms with van der Waals surface area (Å²) in [5, 5.41) is 5.45. The zero-order valence-corrected chi connectivity index (χ0v) is 19.7. The molecule has 3 aromatic carbocycles. The number of nitrogens with zero attached hydrogens (tertiary/aromatic N) is 1. The lowest BCUT2D eigenvalue weighted by atomic mass is 9.96. The van der Waals surface area contributed by atoms with E-state index in [0.717, 1.165) is 22.1 Å². The molecule has 1 atom stereocenters. The van der Waals surface area contributed by atoms with E-state index in [1.165, 1.54) is 9.69 Å². The second-order valence-electron chi connectivity index (χ2n) is 8.78. The topological polar surface area (TPSA) is 66.5 Å².